The number of nitrogens with two attached hydrogens (primary N) is 1. The van der Waals surface area contributed by atoms with E-state index in [4.69, 9.17) is 5.73 Å². The molecule has 9 N–H and O–H groups in total. The lowest BCUT2D eigenvalue weighted by Gasteiger charge is -2.33. The first kappa shape index (κ1) is 48.2. The number of rotatable bonds is 14. The summed E-state index contributed by atoms with van der Waals surface area (Å²) in [5, 5.41) is 27.7. The van der Waals surface area contributed by atoms with E-state index < -0.39 is 77.8 Å². The molecule has 0 spiro atoms. The third kappa shape index (κ3) is 12.7. The maximum Gasteiger partial charge on any atom is 0.245 e. The van der Waals surface area contributed by atoms with Crippen LogP contribution in [0.25, 0.3) is 21.7 Å². The monoisotopic (exact) mass is 904 g/mol. The predicted octanol–water partition coefficient (Wildman–Crippen LogP) is 2.88. The summed E-state index contributed by atoms with van der Waals surface area (Å²) in [7, 11) is 1.48. The van der Waals surface area contributed by atoms with Crippen LogP contribution < -0.4 is 32.3 Å². The van der Waals surface area contributed by atoms with E-state index in [9.17, 15) is 33.9 Å². The molecule has 5 aromatic rings. The number of carbonyl (C=O) groups is 6. The Kier molecular flexibility index (Phi) is 17.1. The highest BCUT2D eigenvalue weighted by atomic mass is 32.2. The average molecular weight is 905 g/mol. The van der Waals surface area contributed by atoms with Crippen LogP contribution in [0.4, 0.5) is 0 Å². The zero-order valence-electron chi connectivity index (χ0n) is 37.0. The normalized spacial score (nSPS) is 22.3. The molecule has 15 nitrogen and oxygen atoms in total. The van der Waals surface area contributed by atoms with Gasteiger partial charge in [0, 0.05) is 43.4 Å². The quantitative estimate of drug-likeness (QED) is 0.0766. The highest BCUT2D eigenvalue weighted by molar-refractivity contribution is 7.98. The van der Waals surface area contributed by atoms with Crippen molar-refractivity contribution in [3.8, 4) is 0 Å². The smallest absolute Gasteiger partial charge is 0.245 e. The van der Waals surface area contributed by atoms with Crippen LogP contribution in [-0.2, 0) is 48.0 Å². The molecule has 0 unspecified atom stereocenters. The van der Waals surface area contributed by atoms with Crippen molar-refractivity contribution in [2.24, 2.45) is 5.73 Å². The number of aromatic nitrogens is 1. The third-order valence-electron chi connectivity index (χ3n) is 11.9. The van der Waals surface area contributed by atoms with Crippen molar-refractivity contribution in [2.75, 3.05) is 25.6 Å². The maximum absolute atomic E-state index is 14.9. The highest BCUT2D eigenvalue weighted by Crippen LogP contribution is 2.21. The van der Waals surface area contributed by atoms with Gasteiger partial charge in [0.05, 0.1) is 6.10 Å². The van der Waals surface area contributed by atoms with E-state index >= 15 is 0 Å². The van der Waals surface area contributed by atoms with Crippen molar-refractivity contribution in [2.45, 2.75) is 94.2 Å². The van der Waals surface area contributed by atoms with Crippen molar-refractivity contribution in [3.63, 3.8) is 0 Å². The van der Waals surface area contributed by atoms with Gasteiger partial charge >= 0.3 is 0 Å². The van der Waals surface area contributed by atoms with Crippen LogP contribution in [0.5, 0.6) is 0 Å². The topological polar surface area (TPSA) is 228 Å². The minimum absolute atomic E-state index is 0.000617. The number of unbranched alkanes of at least 4 members (excludes halogenated alkanes) is 1. The lowest BCUT2D eigenvalue weighted by Crippen LogP contribution is -2.63. The van der Waals surface area contributed by atoms with Gasteiger partial charge in [0.2, 0.25) is 35.4 Å². The Hall–Kier alpha value is -6.23. The van der Waals surface area contributed by atoms with E-state index in [-0.39, 0.29) is 32.1 Å². The Labute approximate surface area is 383 Å². The largest absolute Gasteiger partial charge is 0.391 e. The lowest BCUT2D eigenvalue weighted by molar-refractivity contribution is -0.143. The van der Waals surface area contributed by atoms with Crippen molar-refractivity contribution >= 4 is 68.9 Å². The highest BCUT2D eigenvalue weighted by Gasteiger charge is 2.38. The van der Waals surface area contributed by atoms with E-state index in [1.54, 1.807) is 6.20 Å². The summed E-state index contributed by atoms with van der Waals surface area (Å²) in [4.78, 5) is 91.7. The van der Waals surface area contributed by atoms with E-state index in [0.717, 1.165) is 32.8 Å². The molecule has 4 aromatic carbocycles. The van der Waals surface area contributed by atoms with E-state index in [1.807, 2.05) is 103 Å². The second kappa shape index (κ2) is 23.1. The first-order chi connectivity index (χ1) is 31.4. The number of aliphatic hydroxyl groups is 1. The molecule has 6 amide bonds. The number of carbonyl (C=O) groups excluding carboxylic acids is 6. The summed E-state index contributed by atoms with van der Waals surface area (Å²) in [6.07, 6.45) is 3.54. The molecule has 1 aliphatic rings. The Morgan fingerprint density at radius 2 is 1.28 bits per heavy atom. The Balaban J connectivity index is 1.45. The van der Waals surface area contributed by atoms with Crippen LogP contribution in [0, 0.1) is 0 Å². The summed E-state index contributed by atoms with van der Waals surface area (Å²) in [6.45, 7) is 1.67. The van der Waals surface area contributed by atoms with Crippen LogP contribution in [-0.4, -0.2) is 118 Å². The average Bonchev–Trinajstić information content (AvgIpc) is 3.72. The molecule has 1 fully saturated rings. The number of likely N-dealkylation sites (N-methyl/N-ethyl adjacent to an activating group) is 1. The molecule has 2 heterocycles. The van der Waals surface area contributed by atoms with E-state index in [1.165, 1.54) is 30.6 Å². The molecule has 0 bridgehead atoms. The zero-order chi connectivity index (χ0) is 46.5. The summed E-state index contributed by atoms with van der Waals surface area (Å²) in [5.41, 5.74) is 8.81. The number of H-pyrrole nitrogens is 1. The van der Waals surface area contributed by atoms with Gasteiger partial charge in [0.1, 0.15) is 36.3 Å². The summed E-state index contributed by atoms with van der Waals surface area (Å²) < 4.78 is 0. The Morgan fingerprint density at radius 3 is 2.00 bits per heavy atom. The number of hydrogen-bond acceptors (Lipinski definition) is 9. The fraction of sp³-hybridized carbons (Fsp3) is 0.388. The van der Waals surface area contributed by atoms with Gasteiger partial charge in [-0.05, 0) is 84.7 Å². The van der Waals surface area contributed by atoms with Crippen LogP contribution in [0.1, 0.15) is 49.3 Å². The van der Waals surface area contributed by atoms with Crippen LogP contribution >= 0.6 is 11.8 Å². The number of benzene rings is 4. The van der Waals surface area contributed by atoms with Crippen molar-refractivity contribution in [1.29, 1.82) is 0 Å². The van der Waals surface area contributed by atoms with Gasteiger partial charge in [-0.2, -0.15) is 11.8 Å². The summed E-state index contributed by atoms with van der Waals surface area (Å²) in [5.74, 6) is -3.68. The molecule has 344 valence electrons. The van der Waals surface area contributed by atoms with Crippen molar-refractivity contribution < 1.29 is 33.9 Å². The number of thioether (sulfide) groups is 1. The van der Waals surface area contributed by atoms with Gasteiger partial charge in [-0.15, -0.1) is 0 Å². The second-order valence-corrected chi connectivity index (χ2v) is 17.6. The number of fused-ring (bicyclic) bond motifs is 2. The molecule has 7 atom stereocenters. The number of aliphatic hydroxyl groups excluding tert-OH is 1. The molecular formula is C49H60N8O7S. The van der Waals surface area contributed by atoms with Gasteiger partial charge in [-0.25, -0.2) is 0 Å². The number of aromatic amines is 1. The third-order valence-corrected chi connectivity index (χ3v) is 12.5. The predicted molar refractivity (Wildman–Crippen MR) is 254 cm³/mol. The van der Waals surface area contributed by atoms with Gasteiger partial charge < -0.3 is 47.3 Å². The number of para-hydroxylation sites is 1. The molecule has 0 saturated carbocycles. The SMILES string of the molecule is CSCC[C@@H]1NC(=O)[C@H]([C@@H](C)O)NC(=O)[C@H](CCCCN)NC(=O)[C@@H](Cc2c[nH]c3ccccc23)NC(=O)[C@H](Cc2ccc3ccccc3c2)NC(=O)[C@H](Cc2ccccc2)N(C)C1=O. The lowest BCUT2D eigenvalue weighted by atomic mass is 9.98. The van der Waals surface area contributed by atoms with Gasteiger partial charge in [0.15, 0.2) is 0 Å². The minimum Gasteiger partial charge on any atom is -0.391 e. The minimum atomic E-state index is -1.52. The standard InChI is InChI=1S/C49H60N8O7S/c1-30(58)43-48(63)53-39(22-24-65-3)49(64)57(2)42(27-31-13-5-4-6-14-31)47(62)55-40(26-32-20-21-33-15-7-8-16-34(33)25-32)45(60)54-41(28-35-29-51-37-18-10-9-17-36(35)37)46(61)52-38(44(59)56-43)19-11-12-23-50/h4-10,13-18,20-21,25,29-30,38-43,51,58H,11-12,19,22-24,26-28,50H2,1-3H3,(H,52,61)(H,53,63)(H,54,60)(H,55,62)(H,56,59)/t30-,38+,39+,40+,41-,42+,43+/m1/s1. The Morgan fingerprint density at radius 1 is 0.646 bits per heavy atom. The summed E-state index contributed by atoms with van der Waals surface area (Å²) >= 11 is 1.45. The van der Waals surface area contributed by atoms with Crippen LogP contribution in [0.15, 0.2) is 103 Å². The van der Waals surface area contributed by atoms with Gasteiger partial charge in [-0.3, -0.25) is 28.8 Å². The molecule has 65 heavy (non-hydrogen) atoms. The number of hydrogen-bond donors (Lipinski definition) is 8. The second-order valence-electron chi connectivity index (χ2n) is 16.6. The maximum atomic E-state index is 14.9. The molecule has 6 rings (SSSR count). The summed E-state index contributed by atoms with van der Waals surface area (Å²) in [6, 6.07) is 22.6. The zero-order valence-corrected chi connectivity index (χ0v) is 37.9. The van der Waals surface area contributed by atoms with Crippen molar-refractivity contribution in [1.82, 2.24) is 36.5 Å². The molecule has 0 radical (unpaired) electrons. The van der Waals surface area contributed by atoms with E-state index in [0.29, 0.717) is 30.7 Å². The fourth-order valence-corrected chi connectivity index (χ4v) is 8.64. The molecule has 1 aromatic heterocycles. The van der Waals surface area contributed by atoms with Gasteiger partial charge in [-0.1, -0.05) is 91.0 Å². The molecule has 1 aliphatic heterocycles. The van der Waals surface area contributed by atoms with Crippen LogP contribution in [0.2, 0.25) is 0 Å². The van der Waals surface area contributed by atoms with Crippen molar-refractivity contribution in [3.05, 3.63) is 120 Å². The first-order valence-electron chi connectivity index (χ1n) is 22.1. The Bertz CT molecular complexity index is 2450. The molecular weight excluding hydrogens is 845 g/mol. The molecule has 16 heteroatoms. The molecule has 0 aliphatic carbocycles. The van der Waals surface area contributed by atoms with E-state index in [2.05, 4.69) is 31.6 Å². The molecule has 1 saturated heterocycles. The fourth-order valence-electron chi connectivity index (χ4n) is 8.17. The van der Waals surface area contributed by atoms with Crippen LogP contribution in [0.3, 0.4) is 0 Å². The van der Waals surface area contributed by atoms with Gasteiger partial charge in [0.25, 0.3) is 0 Å². The number of amides is 6. The first-order valence-corrected chi connectivity index (χ1v) is 23.5. The number of nitrogens with zero attached hydrogens (tertiary/aromatic N) is 1. The number of nitrogens with one attached hydrogen (secondary N) is 6.